The second-order valence-electron chi connectivity index (χ2n) is 9.90. The molecule has 8 heteroatoms. The van der Waals surface area contributed by atoms with E-state index in [1.165, 1.54) is 0 Å². The van der Waals surface area contributed by atoms with Gasteiger partial charge in [0, 0.05) is 18.3 Å². The summed E-state index contributed by atoms with van der Waals surface area (Å²) in [6.07, 6.45) is 2.31. The molecule has 3 N–H and O–H groups in total. The minimum atomic E-state index is -0.768. The van der Waals surface area contributed by atoms with E-state index in [2.05, 4.69) is 10.6 Å². The Hall–Kier alpha value is -2.84. The highest BCUT2D eigenvalue weighted by molar-refractivity contribution is 8.02. The number of hydrogen-bond acceptors (Lipinski definition) is 5. The Balaban J connectivity index is 1.52. The quantitative estimate of drug-likeness (QED) is 0.485. The van der Waals surface area contributed by atoms with Crippen LogP contribution in [0.15, 0.2) is 60.7 Å². The second kappa shape index (κ2) is 10.3. The molecule has 0 radical (unpaired) electrons. The number of rotatable bonds is 9. The van der Waals surface area contributed by atoms with Gasteiger partial charge in [-0.05, 0) is 30.4 Å². The topological polar surface area (TPSA) is 98.7 Å². The van der Waals surface area contributed by atoms with Crippen molar-refractivity contribution in [1.29, 1.82) is 0 Å². The molecule has 7 nitrogen and oxygen atoms in total. The van der Waals surface area contributed by atoms with Gasteiger partial charge in [-0.25, -0.2) is 0 Å². The van der Waals surface area contributed by atoms with Crippen molar-refractivity contribution in [2.45, 2.75) is 54.8 Å². The van der Waals surface area contributed by atoms with Gasteiger partial charge in [0.1, 0.15) is 6.04 Å². The normalized spacial score (nSPS) is 29.2. The number of hydrogen-bond donors (Lipinski definition) is 3. The van der Waals surface area contributed by atoms with Crippen LogP contribution in [0, 0.1) is 11.8 Å². The van der Waals surface area contributed by atoms with E-state index in [9.17, 15) is 19.5 Å². The summed E-state index contributed by atoms with van der Waals surface area (Å²) in [6.45, 7) is 2.61. The zero-order valence-corrected chi connectivity index (χ0v) is 21.2. The number of fused-ring (bicyclic) bond motifs is 1. The number of nitrogens with zero attached hydrogens (tertiary/aromatic N) is 1. The molecule has 3 fully saturated rings. The molecular formula is C28H33N3O4S. The molecule has 3 saturated heterocycles. The first-order valence-corrected chi connectivity index (χ1v) is 13.6. The molecule has 36 heavy (non-hydrogen) atoms. The van der Waals surface area contributed by atoms with Crippen molar-refractivity contribution in [3.8, 4) is 0 Å². The lowest BCUT2D eigenvalue weighted by atomic mass is 9.70. The highest BCUT2D eigenvalue weighted by atomic mass is 32.2. The Morgan fingerprint density at radius 1 is 1.08 bits per heavy atom. The van der Waals surface area contributed by atoms with Gasteiger partial charge >= 0.3 is 0 Å². The third-order valence-electron chi connectivity index (χ3n) is 7.84. The minimum Gasteiger partial charge on any atom is -0.394 e. The Bertz CT molecular complexity index is 1110. The molecule has 0 saturated carbocycles. The lowest BCUT2D eigenvalue weighted by Crippen LogP contribution is -2.54. The SMILES string of the molecule is CCCNC(=O)[C@@H]1[C@H]2C(=O)N([C@H](CO)c3ccccc3)C(C(=O)NCc3ccccc3)C23CC[C@H]1S3. The molecule has 3 aliphatic heterocycles. The van der Waals surface area contributed by atoms with E-state index in [1.807, 2.05) is 67.6 Å². The summed E-state index contributed by atoms with van der Waals surface area (Å²) in [5.41, 5.74) is 1.75. The van der Waals surface area contributed by atoms with Crippen LogP contribution in [0.1, 0.15) is 43.4 Å². The maximum Gasteiger partial charge on any atom is 0.244 e. The van der Waals surface area contributed by atoms with E-state index in [0.717, 1.165) is 24.0 Å². The molecule has 3 amide bonds. The predicted molar refractivity (Wildman–Crippen MR) is 139 cm³/mol. The summed E-state index contributed by atoms with van der Waals surface area (Å²) in [5.74, 6) is -1.58. The molecule has 2 aromatic carbocycles. The number of benzene rings is 2. The molecule has 3 heterocycles. The number of likely N-dealkylation sites (tertiary alicyclic amines) is 1. The van der Waals surface area contributed by atoms with Crippen LogP contribution in [0.4, 0.5) is 0 Å². The fraction of sp³-hybridized carbons (Fsp3) is 0.464. The van der Waals surface area contributed by atoms with Crippen LogP contribution in [-0.4, -0.2) is 56.9 Å². The van der Waals surface area contributed by atoms with Crippen molar-refractivity contribution in [3.63, 3.8) is 0 Å². The number of nitrogens with one attached hydrogen (secondary N) is 2. The molecule has 6 atom stereocenters. The second-order valence-corrected chi connectivity index (χ2v) is 11.5. The Kier molecular flexibility index (Phi) is 7.08. The van der Waals surface area contributed by atoms with E-state index in [-0.39, 0.29) is 29.6 Å². The molecule has 0 aromatic heterocycles. The lowest BCUT2D eigenvalue weighted by Gasteiger charge is -2.37. The zero-order chi connectivity index (χ0) is 25.3. The van der Waals surface area contributed by atoms with E-state index in [1.54, 1.807) is 16.7 Å². The predicted octanol–water partition coefficient (Wildman–Crippen LogP) is 2.65. The maximum absolute atomic E-state index is 14.2. The van der Waals surface area contributed by atoms with Crippen molar-refractivity contribution in [1.82, 2.24) is 15.5 Å². The smallest absolute Gasteiger partial charge is 0.244 e. The number of thioether (sulfide) groups is 1. The van der Waals surface area contributed by atoms with Crippen LogP contribution in [0.25, 0.3) is 0 Å². The van der Waals surface area contributed by atoms with Crippen LogP contribution in [-0.2, 0) is 20.9 Å². The van der Waals surface area contributed by atoms with Gasteiger partial charge < -0.3 is 20.6 Å². The third kappa shape index (κ3) is 4.10. The summed E-state index contributed by atoms with van der Waals surface area (Å²) in [5, 5.41) is 16.6. The molecule has 5 rings (SSSR count). The van der Waals surface area contributed by atoms with E-state index in [0.29, 0.717) is 19.5 Å². The summed E-state index contributed by atoms with van der Waals surface area (Å²) in [7, 11) is 0. The first-order valence-electron chi connectivity index (χ1n) is 12.8. The highest BCUT2D eigenvalue weighted by Gasteiger charge is 2.74. The fourth-order valence-electron chi connectivity index (χ4n) is 6.30. The van der Waals surface area contributed by atoms with Gasteiger partial charge in [0.2, 0.25) is 17.7 Å². The van der Waals surface area contributed by atoms with Crippen molar-refractivity contribution < 1.29 is 19.5 Å². The van der Waals surface area contributed by atoms with Crippen LogP contribution in [0.5, 0.6) is 0 Å². The van der Waals surface area contributed by atoms with E-state index < -0.39 is 28.7 Å². The molecular weight excluding hydrogens is 474 g/mol. The number of carbonyl (C=O) groups excluding carboxylic acids is 3. The summed E-state index contributed by atoms with van der Waals surface area (Å²) >= 11 is 1.64. The first-order chi connectivity index (χ1) is 17.5. The molecule has 1 spiro atoms. The Morgan fingerprint density at radius 2 is 1.78 bits per heavy atom. The number of aliphatic hydroxyl groups excluding tert-OH is 1. The van der Waals surface area contributed by atoms with Crippen LogP contribution < -0.4 is 10.6 Å². The average Bonchev–Trinajstić information content (AvgIpc) is 3.55. The molecule has 2 bridgehead atoms. The molecule has 2 aromatic rings. The maximum atomic E-state index is 14.2. The zero-order valence-electron chi connectivity index (χ0n) is 20.4. The van der Waals surface area contributed by atoms with E-state index >= 15 is 0 Å². The van der Waals surface area contributed by atoms with Gasteiger partial charge in [-0.3, -0.25) is 14.4 Å². The van der Waals surface area contributed by atoms with Crippen molar-refractivity contribution in [2.75, 3.05) is 13.2 Å². The van der Waals surface area contributed by atoms with Crippen molar-refractivity contribution >= 4 is 29.5 Å². The number of aliphatic hydroxyl groups is 1. The minimum absolute atomic E-state index is 0.0201. The molecule has 190 valence electrons. The lowest BCUT2D eigenvalue weighted by molar-refractivity contribution is -0.143. The van der Waals surface area contributed by atoms with Gasteiger partial charge in [-0.1, -0.05) is 67.6 Å². The number of amides is 3. The Morgan fingerprint density at radius 3 is 2.44 bits per heavy atom. The van der Waals surface area contributed by atoms with Gasteiger partial charge in [0.05, 0.1) is 29.2 Å². The van der Waals surface area contributed by atoms with Gasteiger partial charge in [-0.2, -0.15) is 0 Å². The van der Waals surface area contributed by atoms with Gasteiger partial charge in [0.15, 0.2) is 0 Å². The fourth-order valence-corrected chi connectivity index (χ4v) is 8.51. The van der Waals surface area contributed by atoms with Crippen LogP contribution in [0.2, 0.25) is 0 Å². The number of carbonyl (C=O) groups is 3. The van der Waals surface area contributed by atoms with Gasteiger partial charge in [-0.15, -0.1) is 11.8 Å². The standard InChI is InChI=1S/C28H33N3O4S/c1-2-15-29-25(33)22-21-13-14-28(36-21)23(22)27(35)31(20(17-32)19-11-7-4-8-12-19)24(28)26(34)30-16-18-9-5-3-6-10-18/h3-12,20-24,32H,2,13-17H2,1H3,(H,29,33)(H,30,34)/t20-,21-,22+,23+,24?,28?/m1/s1. The highest BCUT2D eigenvalue weighted by Crippen LogP contribution is 2.67. The Labute approximate surface area is 216 Å². The van der Waals surface area contributed by atoms with Crippen LogP contribution >= 0.6 is 11.8 Å². The van der Waals surface area contributed by atoms with Crippen molar-refractivity contribution in [2.24, 2.45) is 11.8 Å². The summed E-state index contributed by atoms with van der Waals surface area (Å²) < 4.78 is -0.682. The van der Waals surface area contributed by atoms with E-state index in [4.69, 9.17) is 0 Å². The largest absolute Gasteiger partial charge is 0.394 e. The van der Waals surface area contributed by atoms with Crippen LogP contribution in [0.3, 0.4) is 0 Å². The average molecular weight is 508 g/mol. The molecule has 3 aliphatic rings. The summed E-state index contributed by atoms with van der Waals surface area (Å²) in [6, 6.07) is 17.6. The summed E-state index contributed by atoms with van der Waals surface area (Å²) in [4.78, 5) is 42.9. The first kappa shape index (κ1) is 24.8. The molecule has 0 aliphatic carbocycles. The van der Waals surface area contributed by atoms with Crippen molar-refractivity contribution in [3.05, 3.63) is 71.8 Å². The molecule has 2 unspecified atom stereocenters. The van der Waals surface area contributed by atoms with Gasteiger partial charge in [0.25, 0.3) is 0 Å². The monoisotopic (exact) mass is 507 g/mol. The third-order valence-corrected chi connectivity index (χ3v) is 9.79.